The zero-order chi connectivity index (χ0) is 24.9. The average molecular weight is 485 g/mol. The molecule has 184 valence electrons. The molecule has 2 saturated heterocycles. The molecule has 0 spiro atoms. The Bertz CT molecular complexity index is 1270. The van der Waals surface area contributed by atoms with Gasteiger partial charge in [0.05, 0.1) is 23.9 Å². The SMILES string of the molecule is C=CC(=O)N1CCN(c2nc(Nc3ccc(C#N)cc3)ncc2-c2cnn(C3CCOCC3)c2)CC1. The molecular weight excluding hydrogens is 456 g/mol. The van der Waals surface area contributed by atoms with Crippen LogP contribution in [0, 0.1) is 11.3 Å². The highest BCUT2D eigenvalue weighted by Gasteiger charge is 2.25. The Morgan fingerprint density at radius 1 is 1.14 bits per heavy atom. The Hall–Kier alpha value is -4.23. The quantitative estimate of drug-likeness (QED) is 0.531. The van der Waals surface area contributed by atoms with Gasteiger partial charge in [0.25, 0.3) is 0 Å². The fraction of sp³-hybridized carbons (Fsp3) is 0.346. The van der Waals surface area contributed by atoms with Crippen LogP contribution in [0.2, 0.25) is 0 Å². The van der Waals surface area contributed by atoms with Gasteiger partial charge in [0, 0.05) is 68.6 Å². The summed E-state index contributed by atoms with van der Waals surface area (Å²) < 4.78 is 7.51. The number of nitrogens with zero attached hydrogens (tertiary/aromatic N) is 7. The van der Waals surface area contributed by atoms with Gasteiger partial charge in [-0.15, -0.1) is 0 Å². The van der Waals surface area contributed by atoms with Crippen LogP contribution in [0.4, 0.5) is 17.5 Å². The third kappa shape index (κ3) is 5.06. The van der Waals surface area contributed by atoms with Crippen LogP contribution in [0.25, 0.3) is 11.1 Å². The van der Waals surface area contributed by atoms with Gasteiger partial charge in [-0.05, 0) is 43.2 Å². The Morgan fingerprint density at radius 3 is 2.58 bits per heavy atom. The number of nitriles is 1. The van der Waals surface area contributed by atoms with E-state index in [4.69, 9.17) is 15.0 Å². The molecule has 0 unspecified atom stereocenters. The van der Waals surface area contributed by atoms with Crippen molar-refractivity contribution in [2.24, 2.45) is 0 Å². The van der Waals surface area contributed by atoms with Gasteiger partial charge in [-0.3, -0.25) is 9.48 Å². The normalized spacial score (nSPS) is 16.4. The van der Waals surface area contributed by atoms with Gasteiger partial charge in [-0.1, -0.05) is 6.58 Å². The largest absolute Gasteiger partial charge is 0.381 e. The van der Waals surface area contributed by atoms with Crippen molar-refractivity contribution in [3.63, 3.8) is 0 Å². The molecule has 4 heterocycles. The van der Waals surface area contributed by atoms with E-state index in [1.807, 2.05) is 29.2 Å². The maximum atomic E-state index is 12.1. The van der Waals surface area contributed by atoms with Crippen LogP contribution >= 0.6 is 0 Å². The summed E-state index contributed by atoms with van der Waals surface area (Å²) in [5.74, 6) is 1.19. The molecule has 2 aromatic heterocycles. The summed E-state index contributed by atoms with van der Waals surface area (Å²) in [7, 11) is 0. The number of hydrogen-bond donors (Lipinski definition) is 1. The molecule has 0 saturated carbocycles. The lowest BCUT2D eigenvalue weighted by Gasteiger charge is -2.35. The van der Waals surface area contributed by atoms with Crippen molar-refractivity contribution in [1.82, 2.24) is 24.6 Å². The number of amides is 1. The minimum Gasteiger partial charge on any atom is -0.381 e. The molecule has 1 N–H and O–H groups in total. The molecule has 1 aromatic carbocycles. The van der Waals surface area contributed by atoms with Crippen LogP contribution in [0.15, 0.2) is 55.5 Å². The predicted molar refractivity (Wildman–Crippen MR) is 136 cm³/mol. The molecule has 2 fully saturated rings. The average Bonchev–Trinajstić information content (AvgIpc) is 3.44. The molecular formula is C26H28N8O2. The zero-order valence-electron chi connectivity index (χ0n) is 20.0. The summed E-state index contributed by atoms with van der Waals surface area (Å²) in [4.78, 5) is 25.5. The summed E-state index contributed by atoms with van der Waals surface area (Å²) in [6.07, 6.45) is 8.98. The van der Waals surface area contributed by atoms with Gasteiger partial charge in [0.2, 0.25) is 11.9 Å². The minimum atomic E-state index is -0.0570. The van der Waals surface area contributed by atoms with E-state index >= 15 is 0 Å². The highest BCUT2D eigenvalue weighted by Crippen LogP contribution is 2.32. The molecule has 1 amide bonds. The van der Waals surface area contributed by atoms with Crippen molar-refractivity contribution in [2.45, 2.75) is 18.9 Å². The second-order valence-corrected chi connectivity index (χ2v) is 8.81. The number of carbonyl (C=O) groups is 1. The maximum Gasteiger partial charge on any atom is 0.246 e. The van der Waals surface area contributed by atoms with Crippen molar-refractivity contribution < 1.29 is 9.53 Å². The lowest BCUT2D eigenvalue weighted by atomic mass is 10.1. The lowest BCUT2D eigenvalue weighted by Crippen LogP contribution is -2.48. The number of carbonyl (C=O) groups excluding carboxylic acids is 1. The molecule has 10 nitrogen and oxygen atoms in total. The first-order chi connectivity index (χ1) is 17.6. The summed E-state index contributed by atoms with van der Waals surface area (Å²) in [5.41, 5.74) is 3.22. The van der Waals surface area contributed by atoms with E-state index in [1.165, 1.54) is 6.08 Å². The molecule has 0 radical (unpaired) electrons. The fourth-order valence-corrected chi connectivity index (χ4v) is 4.53. The van der Waals surface area contributed by atoms with Gasteiger partial charge in [-0.25, -0.2) is 4.98 Å². The number of anilines is 3. The topological polar surface area (TPSA) is 112 Å². The smallest absolute Gasteiger partial charge is 0.246 e. The Morgan fingerprint density at radius 2 is 1.89 bits per heavy atom. The Labute approximate surface area is 209 Å². The maximum absolute atomic E-state index is 12.1. The number of hydrogen-bond acceptors (Lipinski definition) is 8. The lowest BCUT2D eigenvalue weighted by molar-refractivity contribution is -0.126. The van der Waals surface area contributed by atoms with Gasteiger partial charge in [0.15, 0.2) is 0 Å². The van der Waals surface area contributed by atoms with Crippen LogP contribution in [0.3, 0.4) is 0 Å². The first-order valence-electron chi connectivity index (χ1n) is 12.1. The van der Waals surface area contributed by atoms with Crippen LogP contribution in [0.1, 0.15) is 24.4 Å². The van der Waals surface area contributed by atoms with Gasteiger partial charge in [0.1, 0.15) is 5.82 Å². The number of nitrogens with one attached hydrogen (secondary N) is 1. The highest BCUT2D eigenvalue weighted by atomic mass is 16.5. The third-order valence-electron chi connectivity index (χ3n) is 6.58. The first kappa shape index (κ1) is 23.5. The summed E-state index contributed by atoms with van der Waals surface area (Å²) in [5, 5.41) is 16.9. The van der Waals surface area contributed by atoms with E-state index in [1.54, 1.807) is 17.0 Å². The van der Waals surface area contributed by atoms with Gasteiger partial charge < -0.3 is 19.9 Å². The molecule has 0 bridgehead atoms. The van der Waals surface area contributed by atoms with Gasteiger partial charge in [-0.2, -0.15) is 15.3 Å². The number of aromatic nitrogens is 4. The highest BCUT2D eigenvalue weighted by molar-refractivity contribution is 5.87. The molecule has 0 aliphatic carbocycles. The third-order valence-corrected chi connectivity index (χ3v) is 6.58. The van der Waals surface area contributed by atoms with E-state index in [-0.39, 0.29) is 5.91 Å². The zero-order valence-corrected chi connectivity index (χ0v) is 20.0. The van der Waals surface area contributed by atoms with Crippen LogP contribution in [-0.2, 0) is 9.53 Å². The van der Waals surface area contributed by atoms with Crippen molar-refractivity contribution in [3.8, 4) is 17.2 Å². The number of benzene rings is 1. The van der Waals surface area contributed by atoms with E-state index in [2.05, 4.69) is 39.1 Å². The standard InChI is InChI=1S/C26H28N8O2/c1-2-24(35)32-9-11-33(12-10-32)25-23(20-16-29-34(18-20)22-7-13-36-14-8-22)17-28-26(31-25)30-21-5-3-19(15-27)4-6-21/h2-6,16-18,22H,1,7-14H2,(H,28,30,31). The Kier molecular flexibility index (Phi) is 6.91. The van der Waals surface area contributed by atoms with Gasteiger partial charge >= 0.3 is 0 Å². The molecule has 3 aromatic rings. The molecule has 10 heteroatoms. The number of rotatable bonds is 6. The summed E-state index contributed by atoms with van der Waals surface area (Å²) >= 11 is 0. The van der Waals surface area contributed by atoms with Crippen molar-refractivity contribution in [2.75, 3.05) is 49.6 Å². The predicted octanol–water partition coefficient (Wildman–Crippen LogP) is 3.14. The fourth-order valence-electron chi connectivity index (χ4n) is 4.53. The molecule has 0 atom stereocenters. The van der Waals surface area contributed by atoms with E-state index < -0.39 is 0 Å². The monoisotopic (exact) mass is 484 g/mol. The van der Waals surface area contributed by atoms with E-state index in [9.17, 15) is 4.79 Å². The molecule has 36 heavy (non-hydrogen) atoms. The number of ether oxygens (including phenoxy) is 1. The second kappa shape index (κ2) is 10.6. The molecule has 2 aliphatic rings. The van der Waals surface area contributed by atoms with E-state index in [0.29, 0.717) is 43.7 Å². The van der Waals surface area contributed by atoms with Crippen molar-refractivity contribution >= 4 is 23.4 Å². The molecule has 2 aliphatic heterocycles. The summed E-state index contributed by atoms with van der Waals surface area (Å²) in [6, 6.07) is 9.59. The van der Waals surface area contributed by atoms with Crippen molar-refractivity contribution in [1.29, 1.82) is 5.26 Å². The van der Waals surface area contributed by atoms with Crippen LogP contribution in [-0.4, -0.2) is 69.9 Å². The summed E-state index contributed by atoms with van der Waals surface area (Å²) in [6.45, 7) is 7.57. The molecule has 5 rings (SSSR count). The number of piperazine rings is 1. The van der Waals surface area contributed by atoms with Crippen LogP contribution < -0.4 is 10.2 Å². The van der Waals surface area contributed by atoms with Crippen molar-refractivity contribution in [3.05, 3.63) is 61.1 Å². The second-order valence-electron chi connectivity index (χ2n) is 8.81. The van der Waals surface area contributed by atoms with Crippen LogP contribution in [0.5, 0.6) is 0 Å². The first-order valence-corrected chi connectivity index (χ1v) is 12.1. The Balaban J connectivity index is 1.43. The van der Waals surface area contributed by atoms with E-state index in [0.717, 1.165) is 48.7 Å². The minimum absolute atomic E-state index is 0.0570.